The summed E-state index contributed by atoms with van der Waals surface area (Å²) in [5.74, 6) is 3.04. The lowest BCUT2D eigenvalue weighted by Gasteiger charge is -2.20. The molecule has 1 N–H and O–H groups in total. The van der Waals surface area contributed by atoms with Crippen molar-refractivity contribution in [3.8, 4) is 0 Å². The number of thioether (sulfide) groups is 1. The van der Waals surface area contributed by atoms with Crippen LogP contribution in [0, 0.1) is 17.8 Å². The zero-order chi connectivity index (χ0) is 10.3. The van der Waals surface area contributed by atoms with Crippen LogP contribution in [0.15, 0.2) is 4.99 Å². The van der Waals surface area contributed by atoms with E-state index in [4.69, 9.17) is 0 Å². The lowest BCUT2D eigenvalue weighted by molar-refractivity contribution is -0.124. The molecule has 82 valence electrons. The maximum Gasteiger partial charge on any atom is 0.229 e. The predicted octanol–water partition coefficient (Wildman–Crippen LogP) is 1.64. The molecule has 0 aromatic rings. The highest BCUT2D eigenvalue weighted by molar-refractivity contribution is 8.14. The Bertz CT molecular complexity index is 316. The van der Waals surface area contributed by atoms with E-state index in [1.54, 1.807) is 11.8 Å². The molecule has 0 aromatic heterocycles. The van der Waals surface area contributed by atoms with Gasteiger partial charge in [-0.3, -0.25) is 9.79 Å². The normalized spacial score (nSPS) is 38.1. The van der Waals surface area contributed by atoms with Crippen LogP contribution in [0.2, 0.25) is 0 Å². The molecule has 3 atom stereocenters. The zero-order valence-corrected chi connectivity index (χ0v) is 9.55. The molecule has 2 saturated carbocycles. The van der Waals surface area contributed by atoms with Crippen LogP contribution >= 0.6 is 11.8 Å². The molecular weight excluding hydrogens is 208 g/mol. The molecule has 0 unspecified atom stereocenters. The summed E-state index contributed by atoms with van der Waals surface area (Å²) in [6, 6.07) is 0. The molecule has 0 aromatic carbocycles. The van der Waals surface area contributed by atoms with Gasteiger partial charge < -0.3 is 5.32 Å². The zero-order valence-electron chi connectivity index (χ0n) is 8.74. The van der Waals surface area contributed by atoms with Gasteiger partial charge in [-0.25, -0.2) is 0 Å². The summed E-state index contributed by atoms with van der Waals surface area (Å²) in [6.45, 7) is 0.858. The number of nitrogens with zero attached hydrogens (tertiary/aromatic N) is 1. The van der Waals surface area contributed by atoms with Crippen LogP contribution in [-0.2, 0) is 4.79 Å². The number of carbonyl (C=O) groups excluding carboxylic acids is 1. The highest BCUT2D eigenvalue weighted by Crippen LogP contribution is 2.48. The van der Waals surface area contributed by atoms with Gasteiger partial charge in [0.2, 0.25) is 5.91 Å². The van der Waals surface area contributed by atoms with Gasteiger partial charge in [-0.1, -0.05) is 18.2 Å². The van der Waals surface area contributed by atoms with Gasteiger partial charge in [-0.2, -0.15) is 0 Å². The van der Waals surface area contributed by atoms with Crippen molar-refractivity contribution in [1.29, 1.82) is 0 Å². The van der Waals surface area contributed by atoms with Crippen molar-refractivity contribution in [3.05, 3.63) is 0 Å². The summed E-state index contributed by atoms with van der Waals surface area (Å²) in [4.78, 5) is 16.2. The second-order valence-electron chi connectivity index (χ2n) is 4.81. The van der Waals surface area contributed by atoms with Crippen molar-refractivity contribution in [2.45, 2.75) is 25.7 Å². The topological polar surface area (TPSA) is 41.5 Å². The first-order valence-corrected chi connectivity index (χ1v) is 6.79. The Morgan fingerprint density at radius 3 is 2.93 bits per heavy atom. The van der Waals surface area contributed by atoms with Crippen molar-refractivity contribution >= 4 is 22.8 Å². The van der Waals surface area contributed by atoms with Crippen LogP contribution < -0.4 is 5.32 Å². The van der Waals surface area contributed by atoms with Crippen LogP contribution in [-0.4, -0.2) is 23.4 Å². The van der Waals surface area contributed by atoms with Crippen LogP contribution in [0.25, 0.3) is 0 Å². The molecule has 3 nitrogen and oxygen atoms in total. The average molecular weight is 224 g/mol. The van der Waals surface area contributed by atoms with E-state index in [0.717, 1.165) is 29.8 Å². The summed E-state index contributed by atoms with van der Waals surface area (Å²) >= 11 is 1.67. The summed E-state index contributed by atoms with van der Waals surface area (Å²) in [5.41, 5.74) is 0. The van der Waals surface area contributed by atoms with E-state index in [1.165, 1.54) is 19.3 Å². The van der Waals surface area contributed by atoms with Crippen molar-refractivity contribution in [2.75, 3.05) is 12.3 Å². The monoisotopic (exact) mass is 224 g/mol. The third kappa shape index (κ3) is 1.80. The van der Waals surface area contributed by atoms with E-state index in [2.05, 4.69) is 10.3 Å². The Balaban J connectivity index is 1.60. The number of hydrogen-bond donors (Lipinski definition) is 1. The molecule has 0 spiro atoms. The molecule has 1 amide bonds. The molecule has 15 heavy (non-hydrogen) atoms. The molecule has 2 fully saturated rings. The molecular formula is C11H16N2OS. The number of amidine groups is 1. The maximum atomic E-state index is 12.0. The standard InChI is InChI=1S/C11H16N2OS/c14-10(13-11-12-3-4-15-11)9-6-7-1-2-8(9)5-7/h7-9H,1-6H2,(H,12,13,14)/t7-,8+,9-/m0/s1. The van der Waals surface area contributed by atoms with Crippen molar-refractivity contribution in [2.24, 2.45) is 22.7 Å². The molecule has 2 bridgehead atoms. The fraction of sp³-hybridized carbons (Fsp3) is 0.818. The first-order chi connectivity index (χ1) is 7.33. The fourth-order valence-electron chi connectivity index (χ4n) is 3.17. The minimum absolute atomic E-state index is 0.232. The summed E-state index contributed by atoms with van der Waals surface area (Å²) in [5, 5.41) is 3.83. The van der Waals surface area contributed by atoms with E-state index in [1.807, 2.05) is 0 Å². The Labute approximate surface area is 94.1 Å². The van der Waals surface area contributed by atoms with Crippen molar-refractivity contribution < 1.29 is 4.79 Å². The number of nitrogens with one attached hydrogen (secondary N) is 1. The van der Waals surface area contributed by atoms with Crippen LogP contribution in [0.1, 0.15) is 25.7 Å². The van der Waals surface area contributed by atoms with E-state index >= 15 is 0 Å². The molecule has 3 aliphatic rings. The van der Waals surface area contributed by atoms with E-state index in [9.17, 15) is 4.79 Å². The lowest BCUT2D eigenvalue weighted by atomic mass is 9.88. The number of amides is 1. The van der Waals surface area contributed by atoms with Gasteiger partial charge in [0.1, 0.15) is 0 Å². The third-order valence-corrected chi connectivity index (χ3v) is 4.78. The predicted molar refractivity (Wildman–Crippen MR) is 61.8 cm³/mol. The third-order valence-electron chi connectivity index (χ3n) is 3.89. The fourth-order valence-corrected chi connectivity index (χ4v) is 3.91. The van der Waals surface area contributed by atoms with Crippen LogP contribution in [0.3, 0.4) is 0 Å². The summed E-state index contributed by atoms with van der Waals surface area (Å²) < 4.78 is 0. The van der Waals surface area contributed by atoms with Crippen molar-refractivity contribution in [1.82, 2.24) is 5.32 Å². The number of rotatable bonds is 1. The van der Waals surface area contributed by atoms with Crippen LogP contribution in [0.4, 0.5) is 0 Å². The summed E-state index contributed by atoms with van der Waals surface area (Å²) in [7, 11) is 0. The largest absolute Gasteiger partial charge is 0.305 e. The first kappa shape index (κ1) is 9.70. The number of fused-ring (bicyclic) bond motifs is 2. The van der Waals surface area contributed by atoms with Gasteiger partial charge >= 0.3 is 0 Å². The van der Waals surface area contributed by atoms with Gasteiger partial charge in [0.05, 0.1) is 6.54 Å². The Hall–Kier alpha value is -0.510. The van der Waals surface area contributed by atoms with Gasteiger partial charge in [0, 0.05) is 11.7 Å². The minimum Gasteiger partial charge on any atom is -0.305 e. The summed E-state index contributed by atoms with van der Waals surface area (Å²) in [6.07, 6.45) is 5.03. The molecule has 0 saturated heterocycles. The quantitative estimate of drug-likeness (QED) is 0.735. The van der Waals surface area contributed by atoms with Gasteiger partial charge in [-0.15, -0.1) is 0 Å². The minimum atomic E-state index is 0.232. The molecule has 4 heteroatoms. The SMILES string of the molecule is O=C(NC1=NCCS1)[C@H]1C[C@H]2CC[C@@H]1C2. The van der Waals surface area contributed by atoms with Crippen LogP contribution in [0.5, 0.6) is 0 Å². The Morgan fingerprint density at radius 2 is 2.33 bits per heavy atom. The highest BCUT2D eigenvalue weighted by atomic mass is 32.2. The second kappa shape index (κ2) is 3.81. The van der Waals surface area contributed by atoms with Gasteiger partial charge in [-0.05, 0) is 31.1 Å². The molecule has 1 heterocycles. The first-order valence-electron chi connectivity index (χ1n) is 5.81. The molecule has 2 aliphatic carbocycles. The number of aliphatic imine (C=N–C) groups is 1. The number of carbonyl (C=O) groups is 1. The van der Waals surface area contributed by atoms with E-state index in [0.29, 0.717) is 5.92 Å². The number of hydrogen-bond acceptors (Lipinski definition) is 3. The highest BCUT2D eigenvalue weighted by Gasteiger charge is 2.43. The smallest absolute Gasteiger partial charge is 0.229 e. The maximum absolute atomic E-state index is 12.0. The van der Waals surface area contributed by atoms with Gasteiger partial charge in [0.15, 0.2) is 5.17 Å². The lowest BCUT2D eigenvalue weighted by Crippen LogP contribution is -2.36. The van der Waals surface area contributed by atoms with Gasteiger partial charge in [0.25, 0.3) is 0 Å². The van der Waals surface area contributed by atoms with E-state index < -0.39 is 0 Å². The molecule has 3 rings (SSSR count). The Morgan fingerprint density at radius 1 is 1.40 bits per heavy atom. The van der Waals surface area contributed by atoms with Crippen molar-refractivity contribution in [3.63, 3.8) is 0 Å². The Kier molecular flexibility index (Phi) is 2.47. The second-order valence-corrected chi connectivity index (χ2v) is 5.89. The molecule has 1 aliphatic heterocycles. The van der Waals surface area contributed by atoms with E-state index in [-0.39, 0.29) is 11.8 Å². The molecule has 0 radical (unpaired) electrons. The average Bonchev–Trinajstić information content (AvgIpc) is 2.93.